The number of nitrogens with one attached hydrogen (secondary N) is 1. The molecule has 0 unspecified atom stereocenters. The molecular formula is C13H21N5O. The zero-order valence-corrected chi connectivity index (χ0v) is 11.5. The number of nitrogen functional groups attached to an aromatic ring is 1. The smallest absolute Gasteiger partial charge is 0.222 e. The molecule has 0 aliphatic carbocycles. The second-order valence-electron chi connectivity index (χ2n) is 5.54. The standard InChI is InChI=1S/C13H21N5O/c1-8(2)9-5-12(17-13(14)16-9)18-6-10-11(7-18)19-4-3-15-10/h5,8,10-11,15H,3-4,6-7H2,1-2H3,(H2,14,16,17)/t10-,11-/m1/s1. The average molecular weight is 263 g/mol. The Morgan fingerprint density at radius 1 is 1.42 bits per heavy atom. The topological polar surface area (TPSA) is 76.3 Å². The summed E-state index contributed by atoms with van der Waals surface area (Å²) in [5.74, 6) is 1.62. The minimum Gasteiger partial charge on any atom is -0.373 e. The van der Waals surface area contributed by atoms with Crippen LogP contribution in [0.5, 0.6) is 0 Å². The third-order valence-corrected chi connectivity index (χ3v) is 3.77. The third-order valence-electron chi connectivity index (χ3n) is 3.77. The molecule has 2 fully saturated rings. The van der Waals surface area contributed by atoms with E-state index >= 15 is 0 Å². The van der Waals surface area contributed by atoms with E-state index in [1.165, 1.54) is 0 Å². The van der Waals surface area contributed by atoms with E-state index in [-0.39, 0.29) is 6.10 Å². The summed E-state index contributed by atoms with van der Waals surface area (Å²) < 4.78 is 5.78. The third kappa shape index (κ3) is 2.50. The molecule has 2 atom stereocenters. The summed E-state index contributed by atoms with van der Waals surface area (Å²) in [5.41, 5.74) is 6.81. The lowest BCUT2D eigenvalue weighted by Crippen LogP contribution is -2.47. The van der Waals surface area contributed by atoms with Crippen molar-refractivity contribution in [1.82, 2.24) is 15.3 Å². The van der Waals surface area contributed by atoms with Crippen LogP contribution in [-0.4, -0.2) is 48.4 Å². The quantitative estimate of drug-likeness (QED) is 0.802. The normalized spacial score (nSPS) is 26.8. The molecule has 3 N–H and O–H groups in total. The highest BCUT2D eigenvalue weighted by Crippen LogP contribution is 2.25. The van der Waals surface area contributed by atoms with E-state index < -0.39 is 0 Å². The molecule has 6 nitrogen and oxygen atoms in total. The summed E-state index contributed by atoms with van der Waals surface area (Å²) in [7, 11) is 0. The van der Waals surface area contributed by atoms with E-state index in [1.54, 1.807) is 0 Å². The van der Waals surface area contributed by atoms with Crippen molar-refractivity contribution in [2.24, 2.45) is 0 Å². The second kappa shape index (κ2) is 4.94. The van der Waals surface area contributed by atoms with E-state index in [1.807, 2.05) is 6.07 Å². The number of anilines is 2. The Morgan fingerprint density at radius 3 is 3.00 bits per heavy atom. The summed E-state index contributed by atoms with van der Waals surface area (Å²) in [4.78, 5) is 10.9. The zero-order valence-electron chi connectivity index (χ0n) is 11.5. The van der Waals surface area contributed by atoms with Crippen molar-refractivity contribution in [3.63, 3.8) is 0 Å². The number of rotatable bonds is 2. The van der Waals surface area contributed by atoms with Crippen LogP contribution in [0.25, 0.3) is 0 Å². The molecule has 3 heterocycles. The van der Waals surface area contributed by atoms with E-state index in [0.29, 0.717) is 17.9 Å². The van der Waals surface area contributed by atoms with Gasteiger partial charge in [-0.25, -0.2) is 4.98 Å². The Kier molecular flexibility index (Phi) is 3.28. The van der Waals surface area contributed by atoms with Crippen LogP contribution in [0.1, 0.15) is 25.5 Å². The van der Waals surface area contributed by atoms with E-state index in [4.69, 9.17) is 10.5 Å². The van der Waals surface area contributed by atoms with Gasteiger partial charge in [0.25, 0.3) is 0 Å². The Morgan fingerprint density at radius 2 is 2.26 bits per heavy atom. The van der Waals surface area contributed by atoms with Crippen molar-refractivity contribution in [1.29, 1.82) is 0 Å². The van der Waals surface area contributed by atoms with Crippen LogP contribution < -0.4 is 16.0 Å². The molecule has 2 aliphatic heterocycles. The Bertz CT molecular complexity index is 450. The van der Waals surface area contributed by atoms with Crippen LogP contribution in [-0.2, 0) is 4.74 Å². The molecule has 2 saturated heterocycles. The van der Waals surface area contributed by atoms with Crippen LogP contribution in [0.4, 0.5) is 11.8 Å². The van der Waals surface area contributed by atoms with Crippen LogP contribution in [0, 0.1) is 0 Å². The Hall–Kier alpha value is -1.40. The van der Waals surface area contributed by atoms with E-state index in [9.17, 15) is 0 Å². The van der Waals surface area contributed by atoms with Crippen molar-refractivity contribution in [3.8, 4) is 0 Å². The first-order valence-electron chi connectivity index (χ1n) is 6.88. The number of hydrogen-bond donors (Lipinski definition) is 2. The van der Waals surface area contributed by atoms with Gasteiger partial charge in [0, 0.05) is 25.7 Å². The lowest BCUT2D eigenvalue weighted by atomic mass is 10.1. The van der Waals surface area contributed by atoms with Crippen LogP contribution in [0.2, 0.25) is 0 Å². The molecule has 3 rings (SSSR count). The zero-order chi connectivity index (χ0) is 13.4. The molecule has 0 aromatic carbocycles. The van der Waals surface area contributed by atoms with E-state index in [2.05, 4.69) is 34.0 Å². The number of morpholine rings is 1. The first-order chi connectivity index (χ1) is 9.13. The lowest BCUT2D eigenvalue weighted by Gasteiger charge is -2.25. The first kappa shape index (κ1) is 12.6. The summed E-state index contributed by atoms with van der Waals surface area (Å²) in [5, 5.41) is 3.49. The predicted octanol–water partition coefficient (Wildman–Crippen LogP) is 0.359. The maximum atomic E-state index is 5.82. The van der Waals surface area contributed by atoms with Gasteiger partial charge < -0.3 is 20.7 Å². The van der Waals surface area contributed by atoms with Crippen LogP contribution >= 0.6 is 0 Å². The lowest BCUT2D eigenvalue weighted by molar-refractivity contribution is 0.0212. The van der Waals surface area contributed by atoms with Gasteiger partial charge in [-0.2, -0.15) is 4.98 Å². The monoisotopic (exact) mass is 263 g/mol. The van der Waals surface area contributed by atoms with E-state index in [0.717, 1.165) is 37.8 Å². The minimum absolute atomic E-state index is 0.257. The summed E-state index contributed by atoms with van der Waals surface area (Å²) in [6, 6.07) is 2.44. The first-order valence-corrected chi connectivity index (χ1v) is 6.88. The van der Waals surface area contributed by atoms with Crippen molar-refractivity contribution < 1.29 is 4.74 Å². The summed E-state index contributed by atoms with van der Waals surface area (Å²) >= 11 is 0. The second-order valence-corrected chi connectivity index (χ2v) is 5.54. The summed E-state index contributed by atoms with van der Waals surface area (Å²) in [6.45, 7) is 7.72. The van der Waals surface area contributed by atoms with Crippen LogP contribution in [0.3, 0.4) is 0 Å². The molecular weight excluding hydrogens is 242 g/mol. The number of nitrogens with two attached hydrogens (primary N) is 1. The van der Waals surface area contributed by atoms with Gasteiger partial charge in [-0.15, -0.1) is 0 Å². The van der Waals surface area contributed by atoms with Gasteiger partial charge in [0.05, 0.1) is 24.4 Å². The molecule has 0 saturated carbocycles. The summed E-state index contributed by atoms with van der Waals surface area (Å²) in [6.07, 6.45) is 0.257. The maximum Gasteiger partial charge on any atom is 0.222 e. The highest BCUT2D eigenvalue weighted by atomic mass is 16.5. The maximum absolute atomic E-state index is 5.82. The predicted molar refractivity (Wildman–Crippen MR) is 74.3 cm³/mol. The molecule has 0 spiro atoms. The van der Waals surface area contributed by atoms with Gasteiger partial charge in [0.1, 0.15) is 5.82 Å². The molecule has 19 heavy (non-hydrogen) atoms. The van der Waals surface area contributed by atoms with Crippen LogP contribution in [0.15, 0.2) is 6.07 Å². The van der Waals surface area contributed by atoms with Crippen molar-refractivity contribution in [3.05, 3.63) is 11.8 Å². The minimum atomic E-state index is 0.257. The van der Waals surface area contributed by atoms with Gasteiger partial charge >= 0.3 is 0 Å². The molecule has 0 amide bonds. The average Bonchev–Trinajstić information content (AvgIpc) is 2.81. The number of aromatic nitrogens is 2. The molecule has 1 aromatic heterocycles. The molecule has 6 heteroatoms. The highest BCUT2D eigenvalue weighted by molar-refractivity contribution is 5.46. The highest BCUT2D eigenvalue weighted by Gasteiger charge is 2.36. The van der Waals surface area contributed by atoms with Gasteiger partial charge in [-0.1, -0.05) is 13.8 Å². The van der Waals surface area contributed by atoms with Gasteiger partial charge in [0.2, 0.25) is 5.95 Å². The Labute approximate surface area is 113 Å². The van der Waals surface area contributed by atoms with Gasteiger partial charge in [-0.3, -0.25) is 0 Å². The van der Waals surface area contributed by atoms with Gasteiger partial charge in [-0.05, 0) is 5.92 Å². The fourth-order valence-electron chi connectivity index (χ4n) is 2.71. The SMILES string of the molecule is CC(C)c1cc(N2C[C@H]3NCCO[C@@H]3C2)nc(N)n1. The molecule has 104 valence electrons. The number of hydrogen-bond acceptors (Lipinski definition) is 6. The van der Waals surface area contributed by atoms with Crippen molar-refractivity contribution in [2.45, 2.75) is 31.9 Å². The van der Waals surface area contributed by atoms with Gasteiger partial charge in [0.15, 0.2) is 0 Å². The fourth-order valence-corrected chi connectivity index (χ4v) is 2.71. The number of ether oxygens (including phenoxy) is 1. The number of nitrogens with zero attached hydrogens (tertiary/aromatic N) is 3. The molecule has 2 aliphatic rings. The van der Waals surface area contributed by atoms with Crippen molar-refractivity contribution >= 4 is 11.8 Å². The van der Waals surface area contributed by atoms with Crippen molar-refractivity contribution in [2.75, 3.05) is 36.9 Å². The molecule has 0 bridgehead atoms. The largest absolute Gasteiger partial charge is 0.373 e. The molecule has 1 aromatic rings. The number of fused-ring (bicyclic) bond motifs is 1. The molecule has 0 radical (unpaired) electrons. The fraction of sp³-hybridized carbons (Fsp3) is 0.692. The Balaban J connectivity index is 1.82.